The molecule has 5 nitrogen and oxygen atoms in total. The minimum atomic E-state index is -0.476. The topological polar surface area (TPSA) is 61.4 Å². The molecule has 1 heterocycles. The summed E-state index contributed by atoms with van der Waals surface area (Å²) >= 11 is 0. The van der Waals surface area contributed by atoms with Gasteiger partial charge in [-0.1, -0.05) is 12.1 Å². The third-order valence-corrected chi connectivity index (χ3v) is 3.05. The van der Waals surface area contributed by atoms with Crippen LogP contribution in [0.3, 0.4) is 0 Å². The first-order valence-corrected chi connectivity index (χ1v) is 6.33. The molecule has 2 rings (SSSR count). The van der Waals surface area contributed by atoms with Crippen LogP contribution in [0.25, 0.3) is 6.08 Å². The Hall–Kier alpha value is -2.30. The summed E-state index contributed by atoms with van der Waals surface area (Å²) in [6, 6.07) is 7.40. The minimum absolute atomic E-state index is 0.278. The van der Waals surface area contributed by atoms with Crippen molar-refractivity contribution >= 4 is 23.7 Å². The summed E-state index contributed by atoms with van der Waals surface area (Å²) in [5.74, 6) is -0.391. The number of hydrogen-bond acceptors (Lipinski definition) is 3. The van der Waals surface area contributed by atoms with Gasteiger partial charge in [-0.25, -0.2) is 4.79 Å². The van der Waals surface area contributed by atoms with Crippen LogP contribution in [0.2, 0.25) is 0 Å². The molecular formula is C14H17N3O2. The number of benzene rings is 1. The molecule has 0 unspecified atom stereocenters. The normalized spacial score (nSPS) is 16.4. The molecule has 19 heavy (non-hydrogen) atoms. The number of imide groups is 1. The van der Waals surface area contributed by atoms with Gasteiger partial charge in [-0.2, -0.15) is 0 Å². The van der Waals surface area contributed by atoms with Gasteiger partial charge in [0.2, 0.25) is 0 Å². The molecule has 1 saturated heterocycles. The molecule has 1 fully saturated rings. The molecule has 1 aliphatic rings. The molecule has 0 saturated carbocycles. The third-order valence-electron chi connectivity index (χ3n) is 3.05. The Bertz CT molecular complexity index is 516. The van der Waals surface area contributed by atoms with Crippen LogP contribution in [0, 0.1) is 0 Å². The number of amides is 3. The molecule has 0 radical (unpaired) electrons. The van der Waals surface area contributed by atoms with Crippen molar-refractivity contribution < 1.29 is 9.59 Å². The van der Waals surface area contributed by atoms with Gasteiger partial charge in [0.25, 0.3) is 5.91 Å². The highest BCUT2D eigenvalue weighted by molar-refractivity contribution is 6.13. The lowest BCUT2D eigenvalue weighted by Gasteiger charge is -2.20. The third kappa shape index (κ3) is 2.93. The Morgan fingerprint density at radius 1 is 1.05 bits per heavy atom. The lowest BCUT2D eigenvalue weighted by Crippen LogP contribution is -2.22. The summed E-state index contributed by atoms with van der Waals surface area (Å²) in [5, 5.41) is 4.63. The van der Waals surface area contributed by atoms with Crippen LogP contribution in [0.4, 0.5) is 10.5 Å². The van der Waals surface area contributed by atoms with Crippen molar-refractivity contribution in [2.45, 2.75) is 13.8 Å². The van der Waals surface area contributed by atoms with Crippen LogP contribution in [0.15, 0.2) is 30.0 Å². The minimum Gasteiger partial charge on any atom is -0.372 e. The summed E-state index contributed by atoms with van der Waals surface area (Å²) in [5.41, 5.74) is 2.30. The summed E-state index contributed by atoms with van der Waals surface area (Å²) < 4.78 is 0. The van der Waals surface area contributed by atoms with Crippen molar-refractivity contribution in [3.05, 3.63) is 35.5 Å². The Morgan fingerprint density at radius 2 is 1.68 bits per heavy atom. The zero-order chi connectivity index (χ0) is 13.8. The van der Waals surface area contributed by atoms with E-state index in [1.165, 1.54) is 0 Å². The molecule has 100 valence electrons. The highest BCUT2D eigenvalue weighted by Gasteiger charge is 2.22. The highest BCUT2D eigenvalue weighted by Crippen LogP contribution is 2.16. The Labute approximate surface area is 112 Å². The number of nitrogens with one attached hydrogen (secondary N) is 2. The van der Waals surface area contributed by atoms with Crippen molar-refractivity contribution in [1.82, 2.24) is 10.6 Å². The molecule has 0 bridgehead atoms. The largest absolute Gasteiger partial charge is 0.372 e. The second-order valence-corrected chi connectivity index (χ2v) is 4.23. The van der Waals surface area contributed by atoms with Gasteiger partial charge in [-0.3, -0.25) is 10.1 Å². The fourth-order valence-electron chi connectivity index (χ4n) is 2.02. The lowest BCUT2D eigenvalue weighted by molar-refractivity contribution is -0.115. The van der Waals surface area contributed by atoms with Gasteiger partial charge in [-0.15, -0.1) is 0 Å². The van der Waals surface area contributed by atoms with Crippen molar-refractivity contribution in [3.63, 3.8) is 0 Å². The predicted molar refractivity (Wildman–Crippen MR) is 74.7 cm³/mol. The van der Waals surface area contributed by atoms with Gasteiger partial charge < -0.3 is 10.2 Å². The van der Waals surface area contributed by atoms with Crippen LogP contribution < -0.4 is 15.5 Å². The van der Waals surface area contributed by atoms with E-state index in [0.717, 1.165) is 24.3 Å². The number of urea groups is 1. The molecule has 0 spiro atoms. The average molecular weight is 259 g/mol. The number of carbonyl (C=O) groups is 2. The van der Waals surface area contributed by atoms with E-state index in [-0.39, 0.29) is 5.70 Å². The average Bonchev–Trinajstić information content (AvgIpc) is 2.71. The van der Waals surface area contributed by atoms with Crippen LogP contribution in [-0.4, -0.2) is 25.0 Å². The predicted octanol–water partition coefficient (Wildman–Crippen LogP) is 1.71. The number of nitrogens with zero attached hydrogens (tertiary/aromatic N) is 1. The maximum Gasteiger partial charge on any atom is 0.326 e. The monoisotopic (exact) mass is 259 g/mol. The maximum atomic E-state index is 11.4. The van der Waals surface area contributed by atoms with E-state index in [0.29, 0.717) is 0 Å². The van der Waals surface area contributed by atoms with E-state index in [1.54, 1.807) is 6.08 Å². The summed E-state index contributed by atoms with van der Waals surface area (Å²) in [4.78, 5) is 24.6. The standard InChI is InChI=1S/C14H17N3O2/c1-3-17(4-2)11-7-5-10(6-8-11)9-12-13(18)16-14(19)15-12/h5-9H,3-4H2,1-2H3,(H2,15,16,18,19)/b12-9-. The number of rotatable bonds is 4. The highest BCUT2D eigenvalue weighted by atomic mass is 16.2. The number of carbonyl (C=O) groups excluding carboxylic acids is 2. The van der Waals surface area contributed by atoms with Crippen LogP contribution in [0.1, 0.15) is 19.4 Å². The summed E-state index contributed by atoms with van der Waals surface area (Å²) in [6.07, 6.45) is 1.66. The number of hydrogen-bond donors (Lipinski definition) is 2. The zero-order valence-electron chi connectivity index (χ0n) is 11.1. The molecule has 3 amide bonds. The van der Waals surface area contributed by atoms with E-state index >= 15 is 0 Å². The zero-order valence-corrected chi connectivity index (χ0v) is 11.1. The Kier molecular flexibility index (Phi) is 3.85. The molecule has 0 aromatic heterocycles. The van der Waals surface area contributed by atoms with E-state index in [9.17, 15) is 9.59 Å². The van der Waals surface area contributed by atoms with E-state index in [1.807, 2.05) is 24.3 Å². The van der Waals surface area contributed by atoms with Gasteiger partial charge in [0, 0.05) is 18.8 Å². The van der Waals surface area contributed by atoms with Crippen molar-refractivity contribution in [2.24, 2.45) is 0 Å². The van der Waals surface area contributed by atoms with E-state index < -0.39 is 11.9 Å². The quantitative estimate of drug-likeness (QED) is 0.639. The van der Waals surface area contributed by atoms with Crippen LogP contribution >= 0.6 is 0 Å². The molecule has 0 atom stereocenters. The van der Waals surface area contributed by atoms with Crippen molar-refractivity contribution in [3.8, 4) is 0 Å². The fraction of sp³-hybridized carbons (Fsp3) is 0.286. The maximum absolute atomic E-state index is 11.4. The van der Waals surface area contributed by atoms with Gasteiger partial charge in [0.15, 0.2) is 0 Å². The van der Waals surface area contributed by atoms with Gasteiger partial charge in [-0.05, 0) is 37.6 Å². The van der Waals surface area contributed by atoms with E-state index in [2.05, 4.69) is 29.4 Å². The molecule has 1 aromatic carbocycles. The van der Waals surface area contributed by atoms with Crippen LogP contribution in [0.5, 0.6) is 0 Å². The molecule has 1 aliphatic heterocycles. The fourth-order valence-corrected chi connectivity index (χ4v) is 2.02. The first-order chi connectivity index (χ1) is 9.13. The van der Waals surface area contributed by atoms with Gasteiger partial charge in [0.05, 0.1) is 0 Å². The van der Waals surface area contributed by atoms with Crippen molar-refractivity contribution in [2.75, 3.05) is 18.0 Å². The number of anilines is 1. The molecule has 1 aromatic rings. The van der Waals surface area contributed by atoms with E-state index in [4.69, 9.17) is 0 Å². The molecule has 0 aliphatic carbocycles. The van der Waals surface area contributed by atoms with Gasteiger partial charge >= 0.3 is 6.03 Å². The summed E-state index contributed by atoms with van der Waals surface area (Å²) in [7, 11) is 0. The van der Waals surface area contributed by atoms with Gasteiger partial charge in [0.1, 0.15) is 5.70 Å². The van der Waals surface area contributed by atoms with Crippen molar-refractivity contribution in [1.29, 1.82) is 0 Å². The second-order valence-electron chi connectivity index (χ2n) is 4.23. The van der Waals surface area contributed by atoms with Crippen LogP contribution in [-0.2, 0) is 4.79 Å². The lowest BCUT2D eigenvalue weighted by atomic mass is 10.1. The molecule has 5 heteroatoms. The smallest absolute Gasteiger partial charge is 0.326 e. The first kappa shape index (κ1) is 13.1. The molecular weight excluding hydrogens is 242 g/mol. The summed E-state index contributed by atoms with van der Waals surface area (Å²) in [6.45, 7) is 6.13. The Balaban J connectivity index is 2.17. The SMILES string of the molecule is CCN(CC)c1ccc(/C=C2\NC(=O)NC2=O)cc1. The first-order valence-electron chi connectivity index (χ1n) is 6.33. The second kappa shape index (κ2) is 5.56. The Morgan fingerprint density at radius 3 is 2.16 bits per heavy atom. The molecule has 2 N–H and O–H groups in total.